The van der Waals surface area contributed by atoms with Crippen LogP contribution in [0.3, 0.4) is 0 Å². The summed E-state index contributed by atoms with van der Waals surface area (Å²) in [7, 11) is 0. The van der Waals surface area contributed by atoms with Crippen molar-refractivity contribution in [3.8, 4) is 0 Å². The van der Waals surface area contributed by atoms with E-state index in [1.54, 1.807) is 0 Å². The van der Waals surface area contributed by atoms with Gasteiger partial charge in [-0.1, -0.05) is 42.5 Å². The number of carbonyl (C=O) groups is 1. The van der Waals surface area contributed by atoms with Crippen LogP contribution in [-0.2, 0) is 11.2 Å². The Balaban J connectivity index is 1.44. The number of pyridine rings is 1. The molecule has 4 rings (SSSR count). The first-order valence-corrected chi connectivity index (χ1v) is 9.13. The molecule has 1 amide bonds. The average Bonchev–Trinajstić information content (AvgIpc) is 2.69. The van der Waals surface area contributed by atoms with E-state index in [-0.39, 0.29) is 5.91 Å². The highest BCUT2D eigenvalue weighted by molar-refractivity contribution is 5.91. The monoisotopic (exact) mass is 345 g/mol. The van der Waals surface area contributed by atoms with E-state index in [1.807, 2.05) is 41.4 Å². The van der Waals surface area contributed by atoms with Gasteiger partial charge in [-0.05, 0) is 30.2 Å². The zero-order valence-corrected chi connectivity index (χ0v) is 15.1. The van der Waals surface area contributed by atoms with Gasteiger partial charge in [0.2, 0.25) is 5.91 Å². The third kappa shape index (κ3) is 3.27. The summed E-state index contributed by atoms with van der Waals surface area (Å²) in [5.74, 6) is 0.221. The molecule has 4 heteroatoms. The summed E-state index contributed by atoms with van der Waals surface area (Å²) in [6.07, 6.45) is 2.36. The van der Waals surface area contributed by atoms with E-state index in [0.29, 0.717) is 6.42 Å². The zero-order valence-electron chi connectivity index (χ0n) is 15.1. The first-order chi connectivity index (χ1) is 12.7. The lowest BCUT2D eigenvalue weighted by atomic mass is 10.1. The predicted octanol–water partition coefficient (Wildman–Crippen LogP) is 3.43. The fourth-order valence-electron chi connectivity index (χ4n) is 3.64. The minimum absolute atomic E-state index is 0.221. The number of hydrogen-bond acceptors (Lipinski definition) is 3. The number of carbonyl (C=O) groups excluding carboxylic acids is 1. The molecule has 1 aliphatic heterocycles. The molecule has 26 heavy (non-hydrogen) atoms. The van der Waals surface area contributed by atoms with Crippen molar-refractivity contribution in [1.82, 2.24) is 9.88 Å². The summed E-state index contributed by atoms with van der Waals surface area (Å²) < 4.78 is 0. The summed E-state index contributed by atoms with van der Waals surface area (Å²) in [4.78, 5) is 21.5. The van der Waals surface area contributed by atoms with Crippen LogP contribution in [-0.4, -0.2) is 42.0 Å². The Morgan fingerprint density at radius 1 is 0.962 bits per heavy atom. The summed E-state index contributed by atoms with van der Waals surface area (Å²) in [5.41, 5.74) is 4.53. The fourth-order valence-corrected chi connectivity index (χ4v) is 3.64. The quantitative estimate of drug-likeness (QED) is 0.730. The van der Waals surface area contributed by atoms with Crippen molar-refractivity contribution < 1.29 is 4.79 Å². The largest absolute Gasteiger partial charge is 0.367 e. The number of hydrogen-bond donors (Lipinski definition) is 0. The molecule has 2 aromatic carbocycles. The van der Waals surface area contributed by atoms with E-state index in [0.717, 1.165) is 37.3 Å². The van der Waals surface area contributed by atoms with Crippen LogP contribution in [0.4, 0.5) is 5.69 Å². The van der Waals surface area contributed by atoms with Gasteiger partial charge in [-0.25, -0.2) is 0 Å². The van der Waals surface area contributed by atoms with E-state index in [1.165, 1.54) is 16.6 Å². The van der Waals surface area contributed by atoms with Crippen LogP contribution >= 0.6 is 0 Å². The van der Waals surface area contributed by atoms with Crippen LogP contribution in [0.25, 0.3) is 10.9 Å². The van der Waals surface area contributed by atoms with Crippen molar-refractivity contribution in [2.24, 2.45) is 0 Å². The summed E-state index contributed by atoms with van der Waals surface area (Å²) in [6, 6.07) is 18.4. The van der Waals surface area contributed by atoms with Crippen molar-refractivity contribution in [1.29, 1.82) is 0 Å². The first kappa shape index (κ1) is 16.6. The Morgan fingerprint density at radius 3 is 2.50 bits per heavy atom. The van der Waals surface area contributed by atoms with E-state index < -0.39 is 0 Å². The van der Waals surface area contributed by atoms with Crippen molar-refractivity contribution >= 4 is 22.5 Å². The van der Waals surface area contributed by atoms with Crippen LogP contribution in [0.5, 0.6) is 0 Å². The first-order valence-electron chi connectivity index (χ1n) is 9.13. The van der Waals surface area contributed by atoms with Crippen LogP contribution in [0.1, 0.15) is 11.1 Å². The predicted molar refractivity (Wildman–Crippen MR) is 105 cm³/mol. The van der Waals surface area contributed by atoms with Crippen LogP contribution in [0, 0.1) is 6.92 Å². The number of anilines is 1. The molecule has 0 spiro atoms. The molecule has 132 valence electrons. The number of amides is 1. The molecule has 0 atom stereocenters. The zero-order chi connectivity index (χ0) is 17.9. The molecule has 0 bridgehead atoms. The molecule has 0 radical (unpaired) electrons. The number of rotatable bonds is 3. The van der Waals surface area contributed by atoms with Crippen LogP contribution in [0.2, 0.25) is 0 Å². The third-order valence-corrected chi connectivity index (χ3v) is 5.20. The van der Waals surface area contributed by atoms with Crippen molar-refractivity contribution in [3.05, 3.63) is 71.9 Å². The van der Waals surface area contributed by atoms with Gasteiger partial charge in [0.1, 0.15) is 0 Å². The molecule has 0 saturated carbocycles. The second-order valence-electron chi connectivity index (χ2n) is 6.82. The molecule has 1 aliphatic rings. The summed E-state index contributed by atoms with van der Waals surface area (Å²) in [6.45, 7) is 5.30. The second-order valence-corrected chi connectivity index (χ2v) is 6.82. The smallest absolute Gasteiger partial charge is 0.227 e. The van der Waals surface area contributed by atoms with Gasteiger partial charge in [0.15, 0.2) is 0 Å². The number of fused-ring (bicyclic) bond motifs is 1. The molecule has 0 unspecified atom stereocenters. The Labute approximate surface area is 154 Å². The number of nitrogens with zero attached hydrogens (tertiary/aromatic N) is 3. The maximum absolute atomic E-state index is 12.7. The van der Waals surface area contributed by atoms with Crippen LogP contribution in [0.15, 0.2) is 60.8 Å². The Hall–Kier alpha value is -2.88. The SMILES string of the molecule is Cc1ccccc1CC(=O)N1CCN(c2ccnc3ccccc23)CC1. The molecular formula is C22H23N3O. The van der Waals surface area contributed by atoms with Crippen molar-refractivity contribution in [2.45, 2.75) is 13.3 Å². The van der Waals surface area contributed by atoms with Gasteiger partial charge < -0.3 is 9.80 Å². The molecule has 4 nitrogen and oxygen atoms in total. The molecule has 1 saturated heterocycles. The second kappa shape index (κ2) is 7.16. The van der Waals surface area contributed by atoms with E-state index in [4.69, 9.17) is 0 Å². The standard InChI is InChI=1S/C22H23N3O/c1-17-6-2-3-7-18(17)16-22(26)25-14-12-24(13-15-25)21-10-11-23-20-9-5-4-8-19(20)21/h2-11H,12-16H2,1H3. The minimum atomic E-state index is 0.221. The number of para-hydroxylation sites is 1. The molecule has 3 aromatic rings. The Morgan fingerprint density at radius 2 is 1.69 bits per heavy atom. The molecule has 0 N–H and O–H groups in total. The van der Waals surface area contributed by atoms with Gasteiger partial charge in [-0.2, -0.15) is 0 Å². The Kier molecular flexibility index (Phi) is 4.57. The lowest BCUT2D eigenvalue weighted by Crippen LogP contribution is -2.49. The van der Waals surface area contributed by atoms with E-state index in [2.05, 4.69) is 41.1 Å². The highest BCUT2D eigenvalue weighted by Crippen LogP contribution is 2.26. The normalized spacial score (nSPS) is 14.7. The topological polar surface area (TPSA) is 36.4 Å². The molecule has 0 aliphatic carbocycles. The highest BCUT2D eigenvalue weighted by Gasteiger charge is 2.22. The maximum atomic E-state index is 12.7. The highest BCUT2D eigenvalue weighted by atomic mass is 16.2. The number of aryl methyl sites for hydroxylation is 1. The average molecular weight is 345 g/mol. The number of aromatic nitrogens is 1. The lowest BCUT2D eigenvalue weighted by Gasteiger charge is -2.36. The van der Waals surface area contributed by atoms with Gasteiger partial charge in [0.25, 0.3) is 0 Å². The van der Waals surface area contributed by atoms with Crippen molar-refractivity contribution in [3.63, 3.8) is 0 Å². The number of piperazine rings is 1. The lowest BCUT2D eigenvalue weighted by molar-refractivity contribution is -0.130. The molecule has 2 heterocycles. The van der Waals surface area contributed by atoms with E-state index >= 15 is 0 Å². The van der Waals surface area contributed by atoms with E-state index in [9.17, 15) is 4.79 Å². The van der Waals surface area contributed by atoms with Crippen LogP contribution < -0.4 is 4.90 Å². The minimum Gasteiger partial charge on any atom is -0.367 e. The van der Waals surface area contributed by atoms with Gasteiger partial charge in [-0.3, -0.25) is 9.78 Å². The molecule has 1 aromatic heterocycles. The Bertz CT molecular complexity index is 924. The third-order valence-electron chi connectivity index (χ3n) is 5.20. The van der Waals surface area contributed by atoms with Gasteiger partial charge in [0, 0.05) is 43.4 Å². The maximum Gasteiger partial charge on any atom is 0.227 e. The molecular weight excluding hydrogens is 322 g/mol. The summed E-state index contributed by atoms with van der Waals surface area (Å²) >= 11 is 0. The number of benzene rings is 2. The van der Waals surface area contributed by atoms with Crippen molar-refractivity contribution in [2.75, 3.05) is 31.1 Å². The summed E-state index contributed by atoms with van der Waals surface area (Å²) in [5, 5.41) is 1.18. The fraction of sp³-hybridized carbons (Fsp3) is 0.273. The van der Waals surface area contributed by atoms with Gasteiger partial charge >= 0.3 is 0 Å². The molecule has 1 fully saturated rings. The van der Waals surface area contributed by atoms with Gasteiger partial charge in [0.05, 0.1) is 11.9 Å². The van der Waals surface area contributed by atoms with Gasteiger partial charge in [-0.15, -0.1) is 0 Å².